The fraction of sp³-hybridized carbons (Fsp3) is 0.130. The lowest BCUT2D eigenvalue weighted by Gasteiger charge is -2.10. The Morgan fingerprint density at radius 3 is 2.84 bits per heavy atom. The van der Waals surface area contributed by atoms with Gasteiger partial charge in [0.05, 0.1) is 17.4 Å². The van der Waals surface area contributed by atoms with E-state index in [1.54, 1.807) is 30.6 Å². The predicted octanol–water partition coefficient (Wildman–Crippen LogP) is 3.16. The SMILES string of the molecule is O=C(NCc1cccnc1)c1ccc2c(=O)n(Cc3ccc4c(c3)OCO4)c(=S)[nH]c2c1. The zero-order chi connectivity index (χ0) is 22.1. The van der Waals surface area contributed by atoms with Gasteiger partial charge in [0.25, 0.3) is 11.5 Å². The summed E-state index contributed by atoms with van der Waals surface area (Å²) in [5.74, 6) is 1.08. The van der Waals surface area contributed by atoms with E-state index in [2.05, 4.69) is 15.3 Å². The highest BCUT2D eigenvalue weighted by atomic mass is 32.1. The van der Waals surface area contributed by atoms with Crippen molar-refractivity contribution in [2.75, 3.05) is 6.79 Å². The van der Waals surface area contributed by atoms with Crippen LogP contribution in [0.1, 0.15) is 21.5 Å². The van der Waals surface area contributed by atoms with Crippen molar-refractivity contribution in [1.29, 1.82) is 0 Å². The Bertz CT molecular complexity index is 1450. The van der Waals surface area contributed by atoms with Crippen molar-refractivity contribution in [2.45, 2.75) is 13.1 Å². The monoisotopic (exact) mass is 446 g/mol. The van der Waals surface area contributed by atoms with Gasteiger partial charge in [-0.1, -0.05) is 12.1 Å². The van der Waals surface area contributed by atoms with Gasteiger partial charge < -0.3 is 19.8 Å². The maximum Gasteiger partial charge on any atom is 0.262 e. The number of fused-ring (bicyclic) bond motifs is 2. The van der Waals surface area contributed by atoms with E-state index in [0.29, 0.717) is 34.5 Å². The van der Waals surface area contributed by atoms with Crippen LogP contribution in [0.2, 0.25) is 0 Å². The van der Waals surface area contributed by atoms with Gasteiger partial charge >= 0.3 is 0 Å². The first-order valence-corrected chi connectivity index (χ1v) is 10.3. The lowest BCUT2D eigenvalue weighted by Crippen LogP contribution is -2.24. The first-order valence-electron chi connectivity index (χ1n) is 9.91. The van der Waals surface area contributed by atoms with Gasteiger partial charge in [0.15, 0.2) is 16.3 Å². The fourth-order valence-corrected chi connectivity index (χ4v) is 3.81. The molecule has 9 heteroatoms. The van der Waals surface area contributed by atoms with Crippen LogP contribution in [-0.4, -0.2) is 27.2 Å². The molecular weight excluding hydrogens is 428 g/mol. The van der Waals surface area contributed by atoms with Crippen LogP contribution < -0.4 is 20.3 Å². The smallest absolute Gasteiger partial charge is 0.262 e. The number of aromatic amines is 1. The molecule has 0 spiro atoms. The molecule has 0 saturated carbocycles. The van der Waals surface area contributed by atoms with E-state index in [9.17, 15) is 9.59 Å². The summed E-state index contributed by atoms with van der Waals surface area (Å²) in [6.07, 6.45) is 3.37. The Balaban J connectivity index is 1.41. The summed E-state index contributed by atoms with van der Waals surface area (Å²) in [5.41, 5.74) is 2.47. The van der Waals surface area contributed by atoms with Gasteiger partial charge in [-0.05, 0) is 59.7 Å². The molecule has 0 radical (unpaired) electrons. The van der Waals surface area contributed by atoms with Gasteiger partial charge in [0, 0.05) is 24.5 Å². The topological polar surface area (TPSA) is 98.2 Å². The Morgan fingerprint density at radius 2 is 2.00 bits per heavy atom. The number of H-pyrrole nitrogens is 1. The molecule has 0 bridgehead atoms. The Morgan fingerprint density at radius 1 is 1.12 bits per heavy atom. The lowest BCUT2D eigenvalue weighted by atomic mass is 10.1. The number of nitrogens with one attached hydrogen (secondary N) is 2. The van der Waals surface area contributed by atoms with Gasteiger partial charge in [-0.2, -0.15) is 0 Å². The predicted molar refractivity (Wildman–Crippen MR) is 120 cm³/mol. The maximum absolute atomic E-state index is 13.1. The maximum atomic E-state index is 13.1. The minimum atomic E-state index is -0.250. The van der Waals surface area contributed by atoms with Gasteiger partial charge in [-0.25, -0.2) is 0 Å². The number of carbonyl (C=O) groups is 1. The second-order valence-corrected chi connectivity index (χ2v) is 7.70. The summed E-state index contributed by atoms with van der Waals surface area (Å²) in [4.78, 5) is 32.8. The van der Waals surface area contributed by atoms with Crippen molar-refractivity contribution >= 4 is 29.0 Å². The molecule has 8 nitrogen and oxygen atoms in total. The molecule has 1 amide bonds. The molecule has 0 fully saturated rings. The molecule has 32 heavy (non-hydrogen) atoms. The highest BCUT2D eigenvalue weighted by molar-refractivity contribution is 7.71. The van der Waals surface area contributed by atoms with Crippen molar-refractivity contribution in [1.82, 2.24) is 19.9 Å². The van der Waals surface area contributed by atoms with E-state index in [-0.39, 0.29) is 29.6 Å². The number of benzene rings is 2. The van der Waals surface area contributed by atoms with Crippen LogP contribution in [0.15, 0.2) is 65.7 Å². The van der Waals surface area contributed by atoms with E-state index in [4.69, 9.17) is 21.7 Å². The number of carbonyl (C=O) groups excluding carboxylic acids is 1. The third kappa shape index (κ3) is 3.85. The Hall–Kier alpha value is -3.98. The molecule has 3 heterocycles. The zero-order valence-electron chi connectivity index (χ0n) is 16.8. The molecule has 0 atom stereocenters. The Kier molecular flexibility index (Phi) is 5.16. The minimum absolute atomic E-state index is 0.187. The van der Waals surface area contributed by atoms with E-state index >= 15 is 0 Å². The van der Waals surface area contributed by atoms with Crippen LogP contribution in [0, 0.1) is 4.77 Å². The van der Waals surface area contributed by atoms with E-state index < -0.39 is 0 Å². The Labute approximate surface area is 187 Å². The summed E-state index contributed by atoms with van der Waals surface area (Å²) in [7, 11) is 0. The summed E-state index contributed by atoms with van der Waals surface area (Å²) in [6, 6.07) is 14.1. The fourth-order valence-electron chi connectivity index (χ4n) is 3.55. The normalized spacial score (nSPS) is 12.1. The van der Waals surface area contributed by atoms with Crippen molar-refractivity contribution in [3.8, 4) is 11.5 Å². The molecule has 0 saturated heterocycles. The number of ether oxygens (including phenoxy) is 2. The molecule has 1 aliphatic rings. The number of pyridine rings is 1. The van der Waals surface area contributed by atoms with Crippen molar-refractivity contribution < 1.29 is 14.3 Å². The number of rotatable bonds is 5. The van der Waals surface area contributed by atoms with E-state index in [0.717, 1.165) is 11.1 Å². The average molecular weight is 446 g/mol. The van der Waals surface area contributed by atoms with E-state index in [1.807, 2.05) is 30.3 Å². The first-order chi connectivity index (χ1) is 15.6. The molecule has 1 aliphatic heterocycles. The second kappa shape index (κ2) is 8.27. The van der Waals surface area contributed by atoms with Crippen LogP contribution >= 0.6 is 12.2 Å². The molecule has 2 N–H and O–H groups in total. The third-order valence-electron chi connectivity index (χ3n) is 5.20. The molecular formula is C23H18N4O4S. The molecule has 160 valence electrons. The van der Waals surface area contributed by atoms with Crippen LogP contribution in [0.4, 0.5) is 0 Å². The van der Waals surface area contributed by atoms with Crippen molar-refractivity contribution in [3.63, 3.8) is 0 Å². The zero-order valence-corrected chi connectivity index (χ0v) is 17.6. The summed E-state index contributed by atoms with van der Waals surface area (Å²) in [6.45, 7) is 0.832. The quantitative estimate of drug-likeness (QED) is 0.457. The standard InChI is InChI=1S/C23H18N4O4S/c28-21(25-11-15-2-1-7-24-10-15)16-4-5-17-18(9-16)26-23(32)27(22(17)29)12-14-3-6-19-20(8-14)31-13-30-19/h1-10H,11-13H2,(H,25,28)(H,26,32). The van der Waals surface area contributed by atoms with Crippen LogP contribution in [-0.2, 0) is 13.1 Å². The van der Waals surface area contributed by atoms with Crippen LogP contribution in [0.3, 0.4) is 0 Å². The van der Waals surface area contributed by atoms with E-state index in [1.165, 1.54) is 4.57 Å². The highest BCUT2D eigenvalue weighted by Crippen LogP contribution is 2.32. The molecule has 2 aromatic heterocycles. The molecule has 0 aliphatic carbocycles. The summed E-state index contributed by atoms with van der Waals surface area (Å²) in [5, 5.41) is 3.30. The number of hydrogen-bond acceptors (Lipinski definition) is 6. The molecule has 2 aromatic carbocycles. The van der Waals surface area contributed by atoms with Gasteiger partial charge in [-0.15, -0.1) is 0 Å². The number of aromatic nitrogens is 3. The highest BCUT2D eigenvalue weighted by Gasteiger charge is 2.15. The summed E-state index contributed by atoms with van der Waals surface area (Å²) < 4.78 is 12.5. The minimum Gasteiger partial charge on any atom is -0.454 e. The van der Waals surface area contributed by atoms with Crippen LogP contribution in [0.5, 0.6) is 11.5 Å². The number of hydrogen-bond donors (Lipinski definition) is 2. The second-order valence-electron chi connectivity index (χ2n) is 7.31. The largest absolute Gasteiger partial charge is 0.454 e. The number of nitrogens with zero attached hydrogens (tertiary/aromatic N) is 2. The van der Waals surface area contributed by atoms with Crippen molar-refractivity contribution in [2.24, 2.45) is 0 Å². The third-order valence-corrected chi connectivity index (χ3v) is 5.52. The van der Waals surface area contributed by atoms with Gasteiger partial charge in [0.1, 0.15) is 0 Å². The lowest BCUT2D eigenvalue weighted by molar-refractivity contribution is 0.0951. The van der Waals surface area contributed by atoms with Crippen LogP contribution in [0.25, 0.3) is 10.9 Å². The average Bonchev–Trinajstić information content (AvgIpc) is 3.28. The molecule has 4 aromatic rings. The molecule has 5 rings (SSSR count). The first kappa shape index (κ1) is 20.0. The van der Waals surface area contributed by atoms with Gasteiger partial charge in [0.2, 0.25) is 6.79 Å². The number of amides is 1. The molecule has 0 unspecified atom stereocenters. The van der Waals surface area contributed by atoms with Crippen molar-refractivity contribution in [3.05, 3.63) is 92.7 Å². The van der Waals surface area contributed by atoms with Gasteiger partial charge in [-0.3, -0.25) is 19.1 Å². The summed E-state index contributed by atoms with van der Waals surface area (Å²) >= 11 is 5.43.